The Bertz CT molecular complexity index is 273. The first kappa shape index (κ1) is 11.6. The maximum absolute atomic E-state index is 4.34. The third-order valence-electron chi connectivity index (χ3n) is 3.24. The molecule has 0 spiro atoms. The Morgan fingerprint density at radius 3 is 2.79 bits per heavy atom. The zero-order valence-corrected chi connectivity index (χ0v) is 10.2. The van der Waals surface area contributed by atoms with Gasteiger partial charge in [-0.05, 0) is 36.0 Å². The number of rotatable bonds is 3. The Labute approximate surface area is 93.2 Å². The van der Waals surface area contributed by atoms with Crippen molar-refractivity contribution in [1.29, 1.82) is 0 Å². The molecule has 0 amide bonds. The molecule has 0 nitrogen and oxygen atoms in total. The van der Waals surface area contributed by atoms with Gasteiger partial charge in [-0.3, -0.25) is 0 Å². The van der Waals surface area contributed by atoms with Crippen molar-refractivity contribution in [3.63, 3.8) is 0 Å². The van der Waals surface area contributed by atoms with Gasteiger partial charge in [0.15, 0.2) is 0 Å². The lowest BCUT2D eigenvalue weighted by Gasteiger charge is -2.33. The monoisotopic (exact) mass is 208 g/mol. The van der Waals surface area contributed by atoms with E-state index in [0.29, 0.717) is 11.3 Å². The molecule has 1 aliphatic rings. The zero-order chi connectivity index (χ0) is 10.6. The van der Waals surface area contributed by atoms with Gasteiger partial charge in [0.05, 0.1) is 0 Å². The van der Waals surface area contributed by atoms with Gasteiger partial charge in [-0.2, -0.15) is 0 Å². The highest BCUT2D eigenvalue weighted by molar-refractivity contribution is 7.84. The van der Waals surface area contributed by atoms with Crippen molar-refractivity contribution in [2.75, 3.05) is 0 Å². The van der Waals surface area contributed by atoms with E-state index in [1.807, 2.05) is 0 Å². The van der Waals surface area contributed by atoms with Crippen molar-refractivity contribution in [1.82, 2.24) is 0 Å². The minimum atomic E-state index is 0.302. The normalized spacial score (nSPS) is 26.3. The Hall–Kier alpha value is -0.430. The van der Waals surface area contributed by atoms with Crippen LogP contribution in [0.2, 0.25) is 0 Å². The van der Waals surface area contributed by atoms with E-state index in [0.717, 1.165) is 11.3 Å². The van der Waals surface area contributed by atoms with Gasteiger partial charge in [0.25, 0.3) is 0 Å². The van der Waals surface area contributed by atoms with Gasteiger partial charge in [-0.25, -0.2) is 0 Å². The average Bonchev–Trinajstić information content (AvgIpc) is 2.19. The smallest absolute Gasteiger partial charge is 0.000284 e. The van der Waals surface area contributed by atoms with E-state index in [9.17, 15) is 0 Å². The van der Waals surface area contributed by atoms with Gasteiger partial charge >= 0.3 is 0 Å². The maximum atomic E-state index is 4.34. The summed E-state index contributed by atoms with van der Waals surface area (Å²) in [6, 6.07) is 0. The van der Waals surface area contributed by atoms with Crippen LogP contribution in [-0.2, 0) is 0 Å². The molecule has 1 aliphatic carbocycles. The fourth-order valence-electron chi connectivity index (χ4n) is 1.98. The molecular weight excluding hydrogens is 188 g/mol. The van der Waals surface area contributed by atoms with E-state index >= 15 is 0 Å². The number of hydrogen-bond donors (Lipinski definition) is 1. The van der Waals surface area contributed by atoms with Crippen molar-refractivity contribution in [2.24, 2.45) is 11.3 Å². The molecule has 1 heteroatoms. The second kappa shape index (κ2) is 4.88. The molecule has 0 heterocycles. The average molecular weight is 208 g/mol. The lowest BCUT2D eigenvalue weighted by atomic mass is 9.72. The molecule has 0 radical (unpaired) electrons. The summed E-state index contributed by atoms with van der Waals surface area (Å²) >= 11 is 4.34. The van der Waals surface area contributed by atoms with Crippen LogP contribution in [0.3, 0.4) is 0 Å². The summed E-state index contributed by atoms with van der Waals surface area (Å²) in [5, 5.41) is 0. The van der Waals surface area contributed by atoms with E-state index in [-0.39, 0.29) is 0 Å². The van der Waals surface area contributed by atoms with Crippen molar-refractivity contribution < 1.29 is 0 Å². The molecule has 0 aliphatic heterocycles. The zero-order valence-electron chi connectivity index (χ0n) is 9.33. The summed E-state index contributed by atoms with van der Waals surface area (Å²) in [6.45, 7) is 6.69. The Morgan fingerprint density at radius 2 is 2.36 bits per heavy atom. The van der Waals surface area contributed by atoms with E-state index < -0.39 is 0 Å². The van der Waals surface area contributed by atoms with Crippen LogP contribution in [0.4, 0.5) is 0 Å². The summed E-state index contributed by atoms with van der Waals surface area (Å²) in [5.74, 6) is 0.625. The predicted octanol–water partition coefficient (Wildman–Crippen LogP) is 4.37. The van der Waals surface area contributed by atoms with Crippen molar-refractivity contribution in [3.05, 3.63) is 35.3 Å². The Balaban J connectivity index is 2.78. The Kier molecular flexibility index (Phi) is 4.06. The highest BCUT2D eigenvalue weighted by Gasteiger charge is 2.28. The van der Waals surface area contributed by atoms with Crippen LogP contribution in [0.1, 0.15) is 33.6 Å². The van der Waals surface area contributed by atoms with Crippen molar-refractivity contribution >= 4 is 12.6 Å². The molecule has 2 atom stereocenters. The topological polar surface area (TPSA) is 0 Å². The van der Waals surface area contributed by atoms with Crippen molar-refractivity contribution in [2.45, 2.75) is 33.6 Å². The number of thiol groups is 1. The first-order chi connectivity index (χ1) is 6.62. The maximum Gasteiger partial charge on any atom is -0.000284 e. The molecule has 0 saturated carbocycles. The van der Waals surface area contributed by atoms with Gasteiger partial charge in [0.1, 0.15) is 0 Å². The fraction of sp³-hybridized carbons (Fsp3) is 0.538. The van der Waals surface area contributed by atoms with E-state index in [4.69, 9.17) is 0 Å². The van der Waals surface area contributed by atoms with Gasteiger partial charge in [0, 0.05) is 0 Å². The highest BCUT2D eigenvalue weighted by atomic mass is 32.1. The van der Waals surface area contributed by atoms with Gasteiger partial charge in [-0.15, -0.1) is 12.6 Å². The minimum absolute atomic E-state index is 0.302. The predicted molar refractivity (Wildman–Crippen MR) is 67.5 cm³/mol. The van der Waals surface area contributed by atoms with Crippen LogP contribution in [0.25, 0.3) is 0 Å². The standard InChI is InChI=1S/C13H20S/c1-4-10-13(3,5-2)11-6-8-12(14)9-7-11/h4,6,8-11,14H,5,7H2,1-3H3. The molecule has 1 rings (SSSR count). The summed E-state index contributed by atoms with van der Waals surface area (Å²) in [5.41, 5.74) is 0.302. The van der Waals surface area contributed by atoms with Crippen LogP contribution in [-0.4, -0.2) is 0 Å². The van der Waals surface area contributed by atoms with E-state index in [2.05, 4.69) is 63.8 Å². The third kappa shape index (κ3) is 2.54. The van der Waals surface area contributed by atoms with Crippen molar-refractivity contribution in [3.8, 4) is 0 Å². The molecule has 14 heavy (non-hydrogen) atoms. The largest absolute Gasteiger partial charge is 0.144 e. The van der Waals surface area contributed by atoms with Gasteiger partial charge < -0.3 is 0 Å². The fourth-order valence-corrected chi connectivity index (χ4v) is 2.17. The Morgan fingerprint density at radius 1 is 1.64 bits per heavy atom. The highest BCUT2D eigenvalue weighted by Crippen LogP contribution is 2.38. The SMILES string of the molecule is CC=CC(C)(CC)C1C=CC(S)=CC1. The van der Waals surface area contributed by atoms with Crippen LogP contribution in [0.15, 0.2) is 35.3 Å². The quantitative estimate of drug-likeness (QED) is 0.517. The third-order valence-corrected chi connectivity index (χ3v) is 3.57. The van der Waals surface area contributed by atoms with Gasteiger partial charge in [-0.1, -0.05) is 44.2 Å². The van der Waals surface area contributed by atoms with Crippen LogP contribution >= 0.6 is 12.6 Å². The molecule has 0 saturated heterocycles. The van der Waals surface area contributed by atoms with Crippen LogP contribution < -0.4 is 0 Å². The molecule has 0 aromatic rings. The first-order valence-corrected chi connectivity index (χ1v) is 5.78. The summed E-state index contributed by atoms with van der Waals surface area (Å²) in [7, 11) is 0. The van der Waals surface area contributed by atoms with Crippen LogP contribution in [0.5, 0.6) is 0 Å². The molecule has 0 bridgehead atoms. The summed E-state index contributed by atoms with van der Waals surface area (Å²) in [4.78, 5) is 1.10. The lowest BCUT2D eigenvalue weighted by Crippen LogP contribution is -2.23. The molecule has 2 unspecified atom stereocenters. The number of hydrogen-bond acceptors (Lipinski definition) is 1. The molecule has 0 fully saturated rings. The summed E-state index contributed by atoms with van der Waals surface area (Å²) in [6.07, 6.45) is 13.4. The van der Waals surface area contributed by atoms with Gasteiger partial charge in [0.2, 0.25) is 0 Å². The minimum Gasteiger partial charge on any atom is -0.144 e. The molecular formula is C13H20S. The number of allylic oxidation sites excluding steroid dienone is 5. The first-order valence-electron chi connectivity index (χ1n) is 5.33. The molecule has 0 aromatic carbocycles. The van der Waals surface area contributed by atoms with E-state index in [1.165, 1.54) is 6.42 Å². The van der Waals surface area contributed by atoms with Crippen LogP contribution in [0, 0.1) is 11.3 Å². The summed E-state index contributed by atoms with van der Waals surface area (Å²) < 4.78 is 0. The molecule has 0 N–H and O–H groups in total. The molecule has 78 valence electrons. The second-order valence-electron chi connectivity index (χ2n) is 4.19. The molecule has 0 aromatic heterocycles. The second-order valence-corrected chi connectivity index (χ2v) is 4.71. The van der Waals surface area contributed by atoms with E-state index in [1.54, 1.807) is 0 Å². The lowest BCUT2D eigenvalue weighted by molar-refractivity contribution is 0.296.